The minimum Gasteiger partial charge on any atom is -0.497 e. The zero-order chi connectivity index (χ0) is 31.1. The number of rotatable bonds is 7. The summed E-state index contributed by atoms with van der Waals surface area (Å²) in [6, 6.07) is 13.6. The van der Waals surface area contributed by atoms with Crippen molar-refractivity contribution in [2.24, 2.45) is 0 Å². The molecule has 1 unspecified atom stereocenters. The van der Waals surface area contributed by atoms with Crippen molar-refractivity contribution in [3.05, 3.63) is 53.6 Å². The Morgan fingerprint density at radius 3 is 1.83 bits per heavy atom. The van der Waals surface area contributed by atoms with E-state index in [2.05, 4.69) is 15.1 Å². The number of nitrogens with one attached hydrogen (secondary N) is 1. The van der Waals surface area contributed by atoms with E-state index in [1.54, 1.807) is 14.2 Å². The molecule has 1 aliphatic rings. The number of hydrogen-bond donors (Lipinski definition) is 5. The Hall–Kier alpha value is -4.69. The third-order valence-corrected chi connectivity index (χ3v) is 5.98. The van der Waals surface area contributed by atoms with E-state index in [0.717, 1.165) is 61.0 Å². The number of hydrogen-bond acceptors (Lipinski definition) is 9. The number of nitrogens with zero attached hydrogens (tertiary/aromatic N) is 2. The van der Waals surface area contributed by atoms with Gasteiger partial charge in [0.05, 0.1) is 20.3 Å². The van der Waals surface area contributed by atoms with E-state index in [1.807, 2.05) is 56.3 Å². The summed E-state index contributed by atoms with van der Waals surface area (Å²) in [7, 11) is 3.37. The predicted octanol–water partition coefficient (Wildman–Crippen LogP) is 1.47. The maximum absolute atomic E-state index is 12.7. The fraction of sp³-hybridized carbons (Fsp3) is 0.370. The molecule has 3 rings (SSSR count). The SMILES string of the molecule is COc1ccc(OC)c(CN2CCN(C(C)C(=O)Nc3ccccc3C)CC2)c1.O=C(O)C(=O)O.O=C(O)C(=O)O. The summed E-state index contributed by atoms with van der Waals surface area (Å²) >= 11 is 0. The molecule has 0 spiro atoms. The van der Waals surface area contributed by atoms with E-state index in [1.165, 1.54) is 0 Å². The van der Waals surface area contributed by atoms with Crippen LogP contribution in [0, 0.1) is 6.92 Å². The zero-order valence-corrected chi connectivity index (χ0v) is 23.2. The molecule has 1 fully saturated rings. The average molecular weight is 578 g/mol. The highest BCUT2D eigenvalue weighted by atomic mass is 16.5. The summed E-state index contributed by atoms with van der Waals surface area (Å²) in [5.41, 5.74) is 3.07. The summed E-state index contributed by atoms with van der Waals surface area (Å²) < 4.78 is 10.8. The van der Waals surface area contributed by atoms with Crippen LogP contribution in [0.5, 0.6) is 11.5 Å². The van der Waals surface area contributed by atoms with Crippen LogP contribution in [0.15, 0.2) is 42.5 Å². The largest absolute Gasteiger partial charge is 0.497 e. The second-order valence-corrected chi connectivity index (χ2v) is 8.69. The zero-order valence-electron chi connectivity index (χ0n) is 23.2. The Kier molecular flexibility index (Phi) is 14.3. The van der Waals surface area contributed by atoms with E-state index >= 15 is 0 Å². The molecule has 41 heavy (non-hydrogen) atoms. The molecule has 14 nitrogen and oxygen atoms in total. The van der Waals surface area contributed by atoms with Crippen molar-refractivity contribution in [1.82, 2.24) is 9.80 Å². The quantitative estimate of drug-likeness (QED) is 0.296. The van der Waals surface area contributed by atoms with E-state index < -0.39 is 23.9 Å². The van der Waals surface area contributed by atoms with Crippen molar-refractivity contribution >= 4 is 35.5 Å². The van der Waals surface area contributed by atoms with Gasteiger partial charge >= 0.3 is 23.9 Å². The maximum atomic E-state index is 12.7. The van der Waals surface area contributed by atoms with Gasteiger partial charge in [-0.2, -0.15) is 0 Å². The standard InChI is InChI=1S/C23H31N3O3.2C2H2O4/c1-17-7-5-6-8-21(17)24-23(27)18(2)26-13-11-25(12-14-26)16-19-15-20(28-3)9-10-22(19)29-4;2*3-1(4)2(5)6/h5-10,15,18H,11-14,16H2,1-4H3,(H,24,27);2*(H,3,4)(H,5,6). The average Bonchev–Trinajstić information content (AvgIpc) is 2.94. The molecule has 0 radical (unpaired) electrons. The van der Waals surface area contributed by atoms with Crippen LogP contribution in [-0.4, -0.2) is 106 Å². The molecule has 2 aromatic carbocycles. The number of carbonyl (C=O) groups excluding carboxylic acids is 1. The van der Waals surface area contributed by atoms with Crippen LogP contribution in [0.2, 0.25) is 0 Å². The second kappa shape index (κ2) is 17.1. The number of benzene rings is 2. The number of carbonyl (C=O) groups is 5. The molecule has 0 saturated carbocycles. The molecule has 224 valence electrons. The van der Waals surface area contributed by atoms with Gasteiger partial charge in [0, 0.05) is 44.0 Å². The van der Waals surface area contributed by atoms with Gasteiger partial charge in [0.2, 0.25) is 5.91 Å². The van der Waals surface area contributed by atoms with Crippen LogP contribution in [0.1, 0.15) is 18.1 Å². The number of carboxylic acids is 4. The molecule has 1 aliphatic heterocycles. The molecule has 1 heterocycles. The van der Waals surface area contributed by atoms with Crippen LogP contribution >= 0.6 is 0 Å². The number of aliphatic carboxylic acids is 4. The number of amides is 1. The van der Waals surface area contributed by atoms with Gasteiger partial charge in [-0.25, -0.2) is 19.2 Å². The number of para-hydroxylation sites is 1. The maximum Gasteiger partial charge on any atom is 0.414 e. The third-order valence-electron chi connectivity index (χ3n) is 5.98. The topological polar surface area (TPSA) is 203 Å². The van der Waals surface area contributed by atoms with Crippen molar-refractivity contribution < 1.29 is 53.9 Å². The van der Waals surface area contributed by atoms with Gasteiger partial charge in [-0.15, -0.1) is 0 Å². The van der Waals surface area contributed by atoms with Crippen molar-refractivity contribution in [3.63, 3.8) is 0 Å². The first-order valence-electron chi connectivity index (χ1n) is 12.3. The van der Waals surface area contributed by atoms with Gasteiger partial charge in [-0.1, -0.05) is 18.2 Å². The molecular weight excluding hydrogens is 542 g/mol. The molecule has 0 aromatic heterocycles. The van der Waals surface area contributed by atoms with Crippen molar-refractivity contribution in [3.8, 4) is 11.5 Å². The fourth-order valence-electron chi connectivity index (χ4n) is 3.67. The lowest BCUT2D eigenvalue weighted by molar-refractivity contribution is -0.159. The summed E-state index contributed by atoms with van der Waals surface area (Å²) in [6.07, 6.45) is 0. The minimum atomic E-state index is -1.82. The van der Waals surface area contributed by atoms with Crippen LogP contribution in [-0.2, 0) is 30.5 Å². The molecule has 0 aliphatic carbocycles. The van der Waals surface area contributed by atoms with Crippen molar-refractivity contribution in [2.45, 2.75) is 26.4 Å². The number of piperazine rings is 1. The monoisotopic (exact) mass is 577 g/mol. The van der Waals surface area contributed by atoms with E-state index in [-0.39, 0.29) is 11.9 Å². The molecule has 1 atom stereocenters. The summed E-state index contributed by atoms with van der Waals surface area (Å²) in [4.78, 5) is 53.7. The van der Waals surface area contributed by atoms with Gasteiger partial charge in [0.25, 0.3) is 0 Å². The van der Waals surface area contributed by atoms with E-state index in [0.29, 0.717) is 0 Å². The van der Waals surface area contributed by atoms with E-state index in [9.17, 15) is 4.79 Å². The Bertz CT molecular complexity index is 1160. The molecule has 14 heteroatoms. The molecule has 1 amide bonds. The highest BCUT2D eigenvalue weighted by Crippen LogP contribution is 2.26. The lowest BCUT2D eigenvalue weighted by Gasteiger charge is -2.37. The van der Waals surface area contributed by atoms with Gasteiger partial charge in [-0.3, -0.25) is 14.6 Å². The van der Waals surface area contributed by atoms with Crippen LogP contribution in [0.4, 0.5) is 5.69 Å². The predicted molar refractivity (Wildman–Crippen MR) is 146 cm³/mol. The molecule has 1 saturated heterocycles. The Morgan fingerprint density at radius 2 is 1.37 bits per heavy atom. The Morgan fingerprint density at radius 1 is 0.829 bits per heavy atom. The van der Waals surface area contributed by atoms with E-state index in [4.69, 9.17) is 49.1 Å². The normalized spacial score (nSPS) is 13.7. The minimum absolute atomic E-state index is 0.0437. The molecule has 5 N–H and O–H groups in total. The van der Waals surface area contributed by atoms with Gasteiger partial charge in [-0.05, 0) is 43.7 Å². The smallest absolute Gasteiger partial charge is 0.414 e. The molecular formula is C27H35N3O11. The highest BCUT2D eigenvalue weighted by molar-refractivity contribution is 6.27. The summed E-state index contributed by atoms with van der Waals surface area (Å²) in [5.74, 6) is -5.54. The summed E-state index contributed by atoms with van der Waals surface area (Å²) in [6.45, 7) is 8.31. The van der Waals surface area contributed by atoms with Crippen molar-refractivity contribution in [2.75, 3.05) is 45.7 Å². The Balaban J connectivity index is 0.000000588. The van der Waals surface area contributed by atoms with Crippen LogP contribution in [0.3, 0.4) is 0 Å². The first kappa shape index (κ1) is 34.3. The molecule has 2 aromatic rings. The number of methoxy groups -OCH3 is 2. The van der Waals surface area contributed by atoms with Gasteiger partial charge in [0.15, 0.2) is 0 Å². The van der Waals surface area contributed by atoms with Gasteiger partial charge in [0.1, 0.15) is 11.5 Å². The highest BCUT2D eigenvalue weighted by Gasteiger charge is 2.26. The lowest BCUT2D eigenvalue weighted by atomic mass is 10.1. The Labute approximate surface area is 236 Å². The van der Waals surface area contributed by atoms with Gasteiger partial charge < -0.3 is 35.2 Å². The second-order valence-electron chi connectivity index (χ2n) is 8.69. The van der Waals surface area contributed by atoms with Crippen LogP contribution in [0.25, 0.3) is 0 Å². The first-order valence-corrected chi connectivity index (χ1v) is 12.3. The number of aryl methyl sites for hydroxylation is 1. The summed E-state index contributed by atoms with van der Waals surface area (Å²) in [5, 5.41) is 32.6. The number of carboxylic acid groups (broad SMARTS) is 4. The van der Waals surface area contributed by atoms with Crippen molar-refractivity contribution in [1.29, 1.82) is 0 Å². The third kappa shape index (κ3) is 11.9. The number of ether oxygens (including phenoxy) is 2. The number of anilines is 1. The van der Waals surface area contributed by atoms with Crippen LogP contribution < -0.4 is 14.8 Å². The fourth-order valence-corrected chi connectivity index (χ4v) is 3.67. The molecule has 0 bridgehead atoms. The first-order chi connectivity index (χ1) is 19.3. The lowest BCUT2D eigenvalue weighted by Crippen LogP contribution is -2.52.